The summed E-state index contributed by atoms with van der Waals surface area (Å²) in [5, 5.41) is 8.94. The van der Waals surface area contributed by atoms with Gasteiger partial charge in [0.05, 0.1) is 24.1 Å². The molecule has 0 saturated carbocycles. The van der Waals surface area contributed by atoms with Crippen LogP contribution in [-0.2, 0) is 11.3 Å². The molecular weight excluding hydrogens is 447 g/mol. The van der Waals surface area contributed by atoms with E-state index >= 15 is 0 Å². The highest BCUT2D eigenvalue weighted by atomic mass is 19.1. The van der Waals surface area contributed by atoms with Crippen LogP contribution in [0.2, 0.25) is 0 Å². The second kappa shape index (κ2) is 12.0. The third kappa shape index (κ3) is 6.34. The van der Waals surface area contributed by atoms with Gasteiger partial charge in [0.25, 0.3) is 0 Å². The van der Waals surface area contributed by atoms with Crippen LogP contribution in [0, 0.1) is 17.1 Å². The van der Waals surface area contributed by atoms with Crippen LogP contribution < -0.4 is 10.5 Å². The molecule has 7 nitrogen and oxygen atoms in total. The Morgan fingerprint density at radius 2 is 1.77 bits per heavy atom. The molecule has 35 heavy (non-hydrogen) atoms. The minimum absolute atomic E-state index is 0.0815. The summed E-state index contributed by atoms with van der Waals surface area (Å²) in [5.41, 5.74) is 7.73. The Hall–Kier alpha value is -3.96. The Kier molecular flexibility index (Phi) is 8.76. The first-order valence-corrected chi connectivity index (χ1v) is 11.4. The molecule has 1 aromatic heterocycles. The molecule has 1 aliphatic rings. The lowest BCUT2D eigenvalue weighted by atomic mass is 10.00. The highest BCUT2D eigenvalue weighted by Crippen LogP contribution is 2.36. The quantitative estimate of drug-likeness (QED) is 0.536. The number of benzene rings is 2. The number of primary amides is 1. The van der Waals surface area contributed by atoms with Crippen LogP contribution in [-0.4, -0.2) is 48.9 Å². The maximum absolute atomic E-state index is 14.2. The first-order chi connectivity index (χ1) is 16.9. The van der Waals surface area contributed by atoms with E-state index in [2.05, 4.69) is 11.9 Å². The van der Waals surface area contributed by atoms with Crippen molar-refractivity contribution in [2.75, 3.05) is 27.2 Å². The summed E-state index contributed by atoms with van der Waals surface area (Å²) in [5.74, 6) is -0.652. The molecule has 0 spiro atoms. The first kappa shape index (κ1) is 25.7. The summed E-state index contributed by atoms with van der Waals surface area (Å²) in [4.78, 5) is 25.6. The van der Waals surface area contributed by atoms with Crippen molar-refractivity contribution < 1.29 is 18.7 Å². The largest absolute Gasteiger partial charge is 0.497 e. The van der Waals surface area contributed by atoms with Gasteiger partial charge in [0, 0.05) is 5.56 Å². The molecule has 8 heteroatoms. The summed E-state index contributed by atoms with van der Waals surface area (Å²) in [6, 6.07) is 14.5. The maximum atomic E-state index is 14.2. The van der Waals surface area contributed by atoms with Gasteiger partial charge in [0.1, 0.15) is 24.2 Å². The smallest absolute Gasteiger partial charge is 0.237 e. The van der Waals surface area contributed by atoms with Crippen LogP contribution in [0.4, 0.5) is 4.39 Å². The molecule has 1 amide bonds. The summed E-state index contributed by atoms with van der Waals surface area (Å²) < 4.78 is 20.8. The predicted molar refractivity (Wildman–Crippen MR) is 132 cm³/mol. The van der Waals surface area contributed by atoms with Crippen molar-refractivity contribution in [3.63, 3.8) is 0 Å². The van der Waals surface area contributed by atoms with Gasteiger partial charge in [-0.25, -0.2) is 4.39 Å². The van der Waals surface area contributed by atoms with Gasteiger partial charge in [0.15, 0.2) is 6.29 Å². The number of nitriles is 1. The number of likely N-dealkylation sites (tertiary alicyclic amines) is 1. The van der Waals surface area contributed by atoms with Crippen LogP contribution in [0.3, 0.4) is 0 Å². The van der Waals surface area contributed by atoms with Gasteiger partial charge in [-0.1, -0.05) is 12.5 Å². The van der Waals surface area contributed by atoms with Crippen molar-refractivity contribution in [3.05, 3.63) is 65.6 Å². The standard InChI is InChI=1S/C21H16FN3O3.C6H13N/c1-28-17-6-4-13(5-7-17)21-18(9-16(12-26)25(21)11-20(24)27)14-2-3-15(10-23)19(22)8-14;1-7-5-3-2-4-6-7/h2-9,12H,11H2,1H3,(H2,24,27);2-6H2,1H3. The van der Waals surface area contributed by atoms with E-state index in [4.69, 9.17) is 15.7 Å². The van der Waals surface area contributed by atoms with Crippen molar-refractivity contribution in [1.29, 1.82) is 5.26 Å². The molecule has 2 N–H and O–H groups in total. The van der Waals surface area contributed by atoms with E-state index in [-0.39, 0.29) is 17.8 Å². The average Bonchev–Trinajstić information content (AvgIpc) is 3.22. The third-order valence-electron chi connectivity index (χ3n) is 5.91. The Bertz CT molecular complexity index is 1220. The number of halogens is 1. The van der Waals surface area contributed by atoms with E-state index in [1.165, 1.54) is 49.1 Å². The van der Waals surface area contributed by atoms with Crippen LogP contribution in [0.5, 0.6) is 5.75 Å². The van der Waals surface area contributed by atoms with E-state index in [0.717, 1.165) is 0 Å². The third-order valence-corrected chi connectivity index (χ3v) is 5.91. The Labute approximate surface area is 204 Å². The fourth-order valence-electron chi connectivity index (χ4n) is 4.10. The van der Waals surface area contributed by atoms with Gasteiger partial charge in [0.2, 0.25) is 5.91 Å². The zero-order chi connectivity index (χ0) is 25.4. The fourth-order valence-corrected chi connectivity index (χ4v) is 4.10. The van der Waals surface area contributed by atoms with Gasteiger partial charge in [-0.2, -0.15) is 5.26 Å². The molecule has 0 bridgehead atoms. The highest BCUT2D eigenvalue weighted by Gasteiger charge is 2.20. The van der Waals surface area contributed by atoms with E-state index in [9.17, 15) is 14.0 Å². The number of aldehydes is 1. The van der Waals surface area contributed by atoms with Crippen molar-refractivity contribution in [2.24, 2.45) is 5.73 Å². The number of carbonyl (C=O) groups is 2. The topological polar surface area (TPSA) is 101 Å². The maximum Gasteiger partial charge on any atom is 0.237 e. The molecular formula is C27H29FN4O3. The average molecular weight is 477 g/mol. The van der Waals surface area contributed by atoms with E-state index in [1.807, 2.05) is 0 Å². The van der Waals surface area contributed by atoms with Crippen LogP contribution >= 0.6 is 0 Å². The number of nitrogens with zero attached hydrogens (tertiary/aromatic N) is 3. The van der Waals surface area contributed by atoms with E-state index < -0.39 is 11.7 Å². The number of nitrogens with two attached hydrogens (primary N) is 1. The van der Waals surface area contributed by atoms with Crippen molar-refractivity contribution in [1.82, 2.24) is 9.47 Å². The molecule has 0 radical (unpaired) electrons. The molecule has 182 valence electrons. The number of aromatic nitrogens is 1. The van der Waals surface area contributed by atoms with E-state index in [0.29, 0.717) is 34.4 Å². The summed E-state index contributed by atoms with van der Waals surface area (Å²) in [6.07, 6.45) is 4.89. The van der Waals surface area contributed by atoms with Crippen LogP contribution in [0.1, 0.15) is 35.3 Å². The molecule has 1 fully saturated rings. The zero-order valence-electron chi connectivity index (χ0n) is 20.0. The molecule has 3 aromatic rings. The minimum Gasteiger partial charge on any atom is -0.497 e. The number of amides is 1. The SMILES string of the molecule is CN1CCCCC1.COc1ccc(-c2c(-c3ccc(C#N)c(F)c3)cc(C=O)n2CC(N)=O)cc1. The lowest BCUT2D eigenvalue weighted by Crippen LogP contribution is -2.24. The number of piperidine rings is 1. The fraction of sp³-hybridized carbons (Fsp3) is 0.296. The normalized spacial score (nSPS) is 13.3. The molecule has 4 rings (SSSR count). The van der Waals surface area contributed by atoms with E-state index in [1.54, 1.807) is 49.6 Å². The van der Waals surface area contributed by atoms with Gasteiger partial charge in [-0.3, -0.25) is 9.59 Å². The molecule has 0 unspecified atom stereocenters. The number of ether oxygens (including phenoxy) is 1. The summed E-state index contributed by atoms with van der Waals surface area (Å²) in [7, 11) is 3.74. The number of hydrogen-bond donors (Lipinski definition) is 1. The van der Waals surface area contributed by atoms with Gasteiger partial charge < -0.3 is 19.9 Å². The van der Waals surface area contributed by atoms with Crippen LogP contribution in [0.25, 0.3) is 22.4 Å². The number of hydrogen-bond acceptors (Lipinski definition) is 5. The summed E-state index contributed by atoms with van der Waals surface area (Å²) >= 11 is 0. The monoisotopic (exact) mass is 476 g/mol. The Morgan fingerprint density at radius 1 is 1.11 bits per heavy atom. The molecule has 0 atom stereocenters. The number of carbonyl (C=O) groups excluding carboxylic acids is 2. The van der Waals surface area contributed by atoms with Crippen molar-refractivity contribution >= 4 is 12.2 Å². The minimum atomic E-state index is -0.670. The molecule has 0 aliphatic carbocycles. The van der Waals surface area contributed by atoms with Gasteiger partial charge in [-0.05, 0) is 86.6 Å². The van der Waals surface area contributed by atoms with Crippen molar-refractivity contribution in [2.45, 2.75) is 25.8 Å². The zero-order valence-corrected chi connectivity index (χ0v) is 20.0. The number of rotatable bonds is 6. The highest BCUT2D eigenvalue weighted by molar-refractivity contribution is 5.90. The second-order valence-corrected chi connectivity index (χ2v) is 8.40. The molecule has 2 heterocycles. The predicted octanol–water partition coefficient (Wildman–Crippen LogP) is 4.24. The Morgan fingerprint density at radius 3 is 2.26 bits per heavy atom. The number of methoxy groups -OCH3 is 1. The molecule has 1 aliphatic heterocycles. The summed E-state index contributed by atoms with van der Waals surface area (Å²) in [6.45, 7) is 2.42. The lowest BCUT2D eigenvalue weighted by Gasteiger charge is -2.20. The van der Waals surface area contributed by atoms with Crippen LogP contribution in [0.15, 0.2) is 48.5 Å². The van der Waals surface area contributed by atoms with Gasteiger partial charge in [-0.15, -0.1) is 0 Å². The molecule has 1 saturated heterocycles. The molecule has 2 aromatic carbocycles. The lowest BCUT2D eigenvalue weighted by molar-refractivity contribution is -0.118. The first-order valence-electron chi connectivity index (χ1n) is 11.4. The van der Waals surface area contributed by atoms with Gasteiger partial charge >= 0.3 is 0 Å². The second-order valence-electron chi connectivity index (χ2n) is 8.40. The van der Waals surface area contributed by atoms with Crippen molar-refractivity contribution in [3.8, 4) is 34.2 Å². The Balaban J connectivity index is 0.000000420.